The number of carbonyl (C=O) groups excluding carboxylic acids is 1. The maximum atomic E-state index is 14.9. The molecule has 0 bridgehead atoms. The number of likely N-dealkylation sites (N-methyl/N-ethyl adjacent to an activating group) is 1. The Hall–Kier alpha value is -4.05. The average Bonchev–Trinajstić information content (AvgIpc) is 3.01. The number of fused-ring (bicyclic) bond motifs is 2. The summed E-state index contributed by atoms with van der Waals surface area (Å²) in [6, 6.07) is 8.56. The van der Waals surface area contributed by atoms with Crippen LogP contribution in [0.2, 0.25) is 0 Å². The van der Waals surface area contributed by atoms with Crippen molar-refractivity contribution < 1.29 is 58.9 Å². The molecular formula is C34H34F9N3O4. The lowest BCUT2D eigenvalue weighted by molar-refractivity contribution is -0.236. The monoisotopic (exact) mass is 719 g/mol. The number of methoxy groups -OCH3 is 1. The topological polar surface area (TPSA) is 82.1 Å². The molecule has 1 fully saturated rings. The van der Waals surface area contributed by atoms with E-state index in [4.69, 9.17) is 4.74 Å². The lowest BCUT2D eigenvalue weighted by Crippen LogP contribution is -2.59. The van der Waals surface area contributed by atoms with E-state index in [0.29, 0.717) is 17.5 Å². The molecule has 0 aromatic heterocycles. The summed E-state index contributed by atoms with van der Waals surface area (Å²) in [6.45, 7) is -2.18. The SMILES string of the molecule is COc1cc2c(c(C(F)(F)F)c1-c1cccc3c(C[C@H](NC(=O)C4(C(F)(F)F)CCN(CC(F)(F)F)CC4)C(=O)O)cccc13)CCN(C)C2. The van der Waals surface area contributed by atoms with Gasteiger partial charge in [-0.3, -0.25) is 9.69 Å². The molecule has 0 spiro atoms. The third-order valence-corrected chi connectivity index (χ3v) is 9.58. The van der Waals surface area contributed by atoms with E-state index >= 15 is 0 Å². The van der Waals surface area contributed by atoms with Gasteiger partial charge in [0.05, 0.1) is 19.2 Å². The molecule has 1 saturated heterocycles. The predicted molar refractivity (Wildman–Crippen MR) is 164 cm³/mol. The maximum Gasteiger partial charge on any atom is 0.417 e. The number of nitrogens with zero attached hydrogens (tertiary/aromatic N) is 2. The summed E-state index contributed by atoms with van der Waals surface area (Å²) < 4.78 is 132. The molecule has 5 rings (SSSR count). The molecule has 0 radical (unpaired) electrons. The summed E-state index contributed by atoms with van der Waals surface area (Å²) in [4.78, 5) is 28.2. The number of benzene rings is 3. The Morgan fingerprint density at radius 1 is 0.960 bits per heavy atom. The molecule has 272 valence electrons. The van der Waals surface area contributed by atoms with Crippen molar-refractivity contribution in [3.63, 3.8) is 0 Å². The lowest BCUT2D eigenvalue weighted by Gasteiger charge is -2.42. The van der Waals surface area contributed by atoms with E-state index in [9.17, 15) is 54.2 Å². The van der Waals surface area contributed by atoms with Crippen LogP contribution in [0.4, 0.5) is 39.5 Å². The minimum atomic E-state index is -5.20. The van der Waals surface area contributed by atoms with Crippen LogP contribution in [0, 0.1) is 5.41 Å². The summed E-state index contributed by atoms with van der Waals surface area (Å²) in [5.74, 6) is -3.39. The fourth-order valence-electron chi connectivity index (χ4n) is 7.07. The van der Waals surface area contributed by atoms with E-state index in [0.717, 1.165) is 4.90 Å². The van der Waals surface area contributed by atoms with Crippen LogP contribution in [-0.4, -0.2) is 85.5 Å². The molecule has 0 aliphatic carbocycles. The quantitative estimate of drug-likeness (QED) is 0.248. The van der Waals surface area contributed by atoms with Crippen LogP contribution < -0.4 is 10.1 Å². The smallest absolute Gasteiger partial charge is 0.417 e. The fourth-order valence-corrected chi connectivity index (χ4v) is 7.07. The highest BCUT2D eigenvalue weighted by Gasteiger charge is 2.61. The molecule has 1 atom stereocenters. The number of rotatable bonds is 8. The number of carbonyl (C=O) groups is 2. The van der Waals surface area contributed by atoms with Crippen LogP contribution in [0.15, 0.2) is 42.5 Å². The van der Waals surface area contributed by atoms with Gasteiger partial charge in [0.1, 0.15) is 17.2 Å². The van der Waals surface area contributed by atoms with Crippen molar-refractivity contribution in [1.29, 1.82) is 0 Å². The van der Waals surface area contributed by atoms with Crippen molar-refractivity contribution in [3.8, 4) is 16.9 Å². The summed E-state index contributed by atoms with van der Waals surface area (Å²) in [6.07, 6.45) is -17.1. The molecule has 16 heteroatoms. The number of carboxylic acids is 1. The summed E-state index contributed by atoms with van der Waals surface area (Å²) in [5, 5.41) is 12.5. The Morgan fingerprint density at radius 2 is 1.60 bits per heavy atom. The largest absolute Gasteiger partial charge is 0.496 e. The molecule has 50 heavy (non-hydrogen) atoms. The molecule has 2 N–H and O–H groups in total. The second kappa shape index (κ2) is 13.6. The molecule has 1 amide bonds. The number of piperidine rings is 1. The lowest BCUT2D eigenvalue weighted by atomic mass is 9.76. The summed E-state index contributed by atoms with van der Waals surface area (Å²) in [7, 11) is 3.04. The molecule has 2 aliphatic rings. The first-order valence-corrected chi connectivity index (χ1v) is 15.6. The van der Waals surface area contributed by atoms with Gasteiger partial charge in [0.2, 0.25) is 5.91 Å². The van der Waals surface area contributed by atoms with Crippen molar-refractivity contribution in [3.05, 3.63) is 64.7 Å². The normalized spacial score (nSPS) is 18.1. The third-order valence-electron chi connectivity index (χ3n) is 9.58. The number of likely N-dealkylation sites (tertiary alicyclic amines) is 1. The van der Waals surface area contributed by atoms with E-state index in [1.54, 1.807) is 13.1 Å². The molecule has 3 aromatic carbocycles. The predicted octanol–water partition coefficient (Wildman–Crippen LogP) is 6.84. The second-order valence-corrected chi connectivity index (χ2v) is 12.8. The highest BCUT2D eigenvalue weighted by atomic mass is 19.4. The molecule has 7 nitrogen and oxygen atoms in total. The fraction of sp³-hybridized carbons (Fsp3) is 0.471. The highest BCUT2D eigenvalue weighted by molar-refractivity contribution is 6.01. The summed E-state index contributed by atoms with van der Waals surface area (Å²) >= 11 is 0. The Labute approximate surface area is 281 Å². The zero-order chi connectivity index (χ0) is 36.8. The zero-order valence-electron chi connectivity index (χ0n) is 27.0. The Balaban J connectivity index is 1.52. The first-order chi connectivity index (χ1) is 23.3. The number of carboxylic acid groups (broad SMARTS) is 1. The molecular weight excluding hydrogens is 685 g/mol. The molecule has 0 unspecified atom stereocenters. The van der Waals surface area contributed by atoms with Gasteiger partial charge in [0.15, 0.2) is 0 Å². The Kier molecular flexibility index (Phi) is 10.1. The van der Waals surface area contributed by atoms with Gasteiger partial charge in [-0.25, -0.2) is 4.79 Å². The van der Waals surface area contributed by atoms with E-state index < -0.39 is 86.3 Å². The van der Waals surface area contributed by atoms with Gasteiger partial charge in [-0.05, 0) is 78.5 Å². The number of amides is 1. The van der Waals surface area contributed by atoms with Gasteiger partial charge < -0.3 is 20.1 Å². The van der Waals surface area contributed by atoms with Gasteiger partial charge in [0.25, 0.3) is 0 Å². The van der Waals surface area contributed by atoms with Crippen LogP contribution >= 0.6 is 0 Å². The molecule has 0 saturated carbocycles. The number of nitrogens with one attached hydrogen (secondary N) is 1. The first kappa shape index (κ1) is 37.2. The van der Waals surface area contributed by atoms with Crippen molar-refractivity contribution in [2.24, 2.45) is 5.41 Å². The van der Waals surface area contributed by atoms with Crippen LogP contribution in [0.5, 0.6) is 5.75 Å². The van der Waals surface area contributed by atoms with Gasteiger partial charge in [-0.15, -0.1) is 0 Å². The third kappa shape index (κ3) is 7.36. The van der Waals surface area contributed by atoms with Crippen LogP contribution in [0.1, 0.15) is 35.1 Å². The maximum absolute atomic E-state index is 14.9. The van der Waals surface area contributed by atoms with Gasteiger partial charge in [-0.2, -0.15) is 39.5 Å². The minimum absolute atomic E-state index is 0.0290. The van der Waals surface area contributed by atoms with E-state index in [-0.39, 0.29) is 46.4 Å². The summed E-state index contributed by atoms with van der Waals surface area (Å²) in [5.41, 5.74) is -3.24. The van der Waals surface area contributed by atoms with Crippen molar-refractivity contribution in [2.45, 2.75) is 56.8 Å². The van der Waals surface area contributed by atoms with Crippen LogP contribution in [0.25, 0.3) is 21.9 Å². The van der Waals surface area contributed by atoms with Crippen molar-refractivity contribution in [2.75, 3.05) is 40.3 Å². The number of aliphatic carboxylic acids is 1. The molecule has 3 aromatic rings. The van der Waals surface area contributed by atoms with Crippen molar-refractivity contribution >= 4 is 22.6 Å². The number of alkyl halides is 9. The minimum Gasteiger partial charge on any atom is -0.496 e. The highest BCUT2D eigenvalue weighted by Crippen LogP contribution is 2.49. The second-order valence-electron chi connectivity index (χ2n) is 12.8. The van der Waals surface area contributed by atoms with Gasteiger partial charge >= 0.3 is 24.5 Å². The molecule has 2 heterocycles. The average molecular weight is 720 g/mol. The zero-order valence-corrected chi connectivity index (χ0v) is 27.0. The molecule has 2 aliphatic heterocycles. The first-order valence-electron chi connectivity index (χ1n) is 15.6. The van der Waals surface area contributed by atoms with Crippen molar-refractivity contribution in [1.82, 2.24) is 15.1 Å². The van der Waals surface area contributed by atoms with Crippen LogP contribution in [0.3, 0.4) is 0 Å². The Bertz CT molecular complexity index is 1760. The number of halogens is 9. The van der Waals surface area contributed by atoms with E-state index in [1.165, 1.54) is 43.5 Å². The number of hydrogen-bond donors (Lipinski definition) is 2. The van der Waals surface area contributed by atoms with E-state index in [1.807, 2.05) is 10.2 Å². The van der Waals surface area contributed by atoms with Gasteiger partial charge in [-0.1, -0.05) is 36.4 Å². The van der Waals surface area contributed by atoms with Gasteiger partial charge in [0, 0.05) is 25.1 Å². The van der Waals surface area contributed by atoms with E-state index in [2.05, 4.69) is 0 Å². The number of ether oxygens (including phenoxy) is 1. The van der Waals surface area contributed by atoms with Crippen LogP contribution in [-0.2, 0) is 35.2 Å². The number of hydrogen-bond acceptors (Lipinski definition) is 5. The Morgan fingerprint density at radius 3 is 2.18 bits per heavy atom. The standard InChI is InChI=1S/C34H34F9N3O4/c1-45-12-9-22-20(17-45)16-26(50-2)27(28(22)33(38,39)40)24-8-4-6-21-19(5-3-7-23(21)24)15-25(29(47)48)44-30(49)31(34(41,42)43)10-13-46(14-11-31)18-32(35,36)37/h3-8,16,25H,9-15,17-18H2,1-2H3,(H,44,49)(H,47,48)/t25-/m0/s1.